The maximum atomic E-state index is 13.5. The number of rotatable bonds is 11. The molecule has 2 saturated carbocycles. The van der Waals surface area contributed by atoms with Crippen LogP contribution < -0.4 is 26.8 Å². The Kier molecular flexibility index (Phi) is 10.3. The fourth-order valence-corrected chi connectivity index (χ4v) is 7.14. The molecule has 2 bridgehead atoms. The number of aliphatic hydroxyl groups is 1. The number of benzene rings is 1. The van der Waals surface area contributed by atoms with E-state index in [1.165, 1.54) is 36.7 Å². The third-order valence-electron chi connectivity index (χ3n) is 9.52. The van der Waals surface area contributed by atoms with Gasteiger partial charge in [0.25, 0.3) is 11.5 Å². The van der Waals surface area contributed by atoms with Crippen LogP contribution in [0, 0.1) is 24.7 Å². The Balaban J connectivity index is 1.29. The van der Waals surface area contributed by atoms with Crippen molar-refractivity contribution in [1.29, 1.82) is 0 Å². The minimum Gasteiger partial charge on any atom is -0.451 e. The summed E-state index contributed by atoms with van der Waals surface area (Å²) in [6, 6.07) is 8.96. The van der Waals surface area contributed by atoms with Gasteiger partial charge in [0, 0.05) is 30.2 Å². The number of likely N-dealkylation sites (N-methyl/N-ethyl adjacent to an activating group) is 1. The van der Waals surface area contributed by atoms with Crippen LogP contribution in [0.1, 0.15) is 68.0 Å². The van der Waals surface area contributed by atoms with Gasteiger partial charge in [-0.15, -0.1) is 0 Å². The first-order valence-electron chi connectivity index (χ1n) is 16.0. The molecule has 6 atom stereocenters. The fourth-order valence-electron chi connectivity index (χ4n) is 7.14. The summed E-state index contributed by atoms with van der Waals surface area (Å²) < 4.78 is 6.99. The molecular weight excluding hydrogens is 590 g/mol. The molecule has 0 radical (unpaired) electrons. The standard InChI is InChI=1S/C34H43N5O7/c1-19-16-21-8-6-9-22(17-21)29(19)38-28(41)18-39-15-7-11-25(34(39)45)37-31(42)24(13-14-26(40)32(43)35-3)36-33(44)30-20(2)23-10-4-5-12-27(23)46-30/h4-5,7,10-12,15,19,21-22,24,26,29,40H,6,8-9,13-14,16-18H2,1-3H3,(H,35,43)(H,36,44)(H,37,42)(H,38,41)/t19?,21?,22?,24-,26?,29?/m0/s1. The minimum atomic E-state index is -1.41. The lowest BCUT2D eigenvalue weighted by Gasteiger charge is -2.44. The van der Waals surface area contributed by atoms with Crippen molar-refractivity contribution in [3.63, 3.8) is 0 Å². The van der Waals surface area contributed by atoms with E-state index in [9.17, 15) is 29.1 Å². The van der Waals surface area contributed by atoms with Gasteiger partial charge < -0.3 is 35.4 Å². The SMILES string of the molecule is CNC(=O)C(O)CC[C@H](NC(=O)c1oc2ccccc2c1C)C(=O)Nc1cccn(CC(=O)NC2C(C)CC3CCCC2C3)c1=O. The first-order chi connectivity index (χ1) is 22.0. The van der Waals surface area contributed by atoms with Crippen LogP contribution in [0.15, 0.2) is 51.8 Å². The first-order valence-corrected chi connectivity index (χ1v) is 16.0. The van der Waals surface area contributed by atoms with E-state index in [4.69, 9.17) is 4.42 Å². The predicted octanol–water partition coefficient (Wildman–Crippen LogP) is 2.86. The van der Waals surface area contributed by atoms with Gasteiger partial charge in [-0.05, 0) is 75.0 Å². The van der Waals surface area contributed by atoms with Gasteiger partial charge in [-0.25, -0.2) is 0 Å². The predicted molar refractivity (Wildman–Crippen MR) is 172 cm³/mol. The van der Waals surface area contributed by atoms with E-state index in [-0.39, 0.29) is 42.8 Å². The van der Waals surface area contributed by atoms with Gasteiger partial charge in [-0.3, -0.25) is 24.0 Å². The number of furan rings is 1. The Morgan fingerprint density at radius 1 is 1.04 bits per heavy atom. The van der Waals surface area contributed by atoms with Crippen LogP contribution in [0.3, 0.4) is 0 Å². The van der Waals surface area contributed by atoms with Crippen molar-refractivity contribution in [1.82, 2.24) is 20.5 Å². The third-order valence-corrected chi connectivity index (χ3v) is 9.52. The topological polar surface area (TPSA) is 172 Å². The second-order valence-corrected chi connectivity index (χ2v) is 12.7. The molecule has 2 heterocycles. The molecule has 2 aromatic heterocycles. The Morgan fingerprint density at radius 3 is 2.59 bits per heavy atom. The van der Waals surface area contributed by atoms with Crippen LogP contribution in [0.5, 0.6) is 0 Å². The molecule has 2 aliphatic rings. The normalized spacial score (nSPS) is 22.0. The van der Waals surface area contributed by atoms with Crippen LogP contribution in [-0.2, 0) is 20.9 Å². The molecule has 5 unspecified atom stereocenters. The summed E-state index contributed by atoms with van der Waals surface area (Å²) in [5, 5.41) is 21.7. The van der Waals surface area contributed by atoms with E-state index in [0.29, 0.717) is 23.0 Å². The largest absolute Gasteiger partial charge is 0.451 e. The summed E-state index contributed by atoms with van der Waals surface area (Å²) in [6.45, 7) is 3.70. The number of aromatic nitrogens is 1. The Morgan fingerprint density at radius 2 is 1.83 bits per heavy atom. The van der Waals surface area contributed by atoms with Crippen LogP contribution in [0.25, 0.3) is 11.0 Å². The second kappa shape index (κ2) is 14.3. The number of nitrogens with zero attached hydrogens (tertiary/aromatic N) is 1. The van der Waals surface area contributed by atoms with Gasteiger partial charge in [0.15, 0.2) is 5.76 Å². The number of pyridine rings is 1. The average Bonchev–Trinajstić information content (AvgIpc) is 3.38. The van der Waals surface area contributed by atoms with Crippen molar-refractivity contribution >= 4 is 40.3 Å². The smallest absolute Gasteiger partial charge is 0.287 e. The number of hydrogen-bond donors (Lipinski definition) is 5. The molecule has 4 amide bonds. The van der Waals surface area contributed by atoms with E-state index < -0.39 is 35.4 Å². The summed E-state index contributed by atoms with van der Waals surface area (Å²) in [5.41, 5.74) is 0.445. The summed E-state index contributed by atoms with van der Waals surface area (Å²) >= 11 is 0. The molecule has 5 N–H and O–H groups in total. The van der Waals surface area contributed by atoms with Crippen molar-refractivity contribution in [3.05, 3.63) is 64.3 Å². The highest BCUT2D eigenvalue weighted by atomic mass is 16.3. The average molecular weight is 634 g/mol. The van der Waals surface area contributed by atoms with E-state index >= 15 is 0 Å². The van der Waals surface area contributed by atoms with Crippen molar-refractivity contribution in [3.8, 4) is 0 Å². The number of carbonyl (C=O) groups excluding carboxylic acids is 4. The number of amides is 4. The summed E-state index contributed by atoms with van der Waals surface area (Å²) in [7, 11) is 1.38. The molecular formula is C34H43N5O7. The van der Waals surface area contributed by atoms with Gasteiger partial charge in [0.05, 0.1) is 0 Å². The number of aliphatic hydroxyl groups excluding tert-OH is 1. The molecule has 0 aliphatic heterocycles. The lowest BCUT2D eigenvalue weighted by molar-refractivity contribution is -0.129. The zero-order chi connectivity index (χ0) is 33.0. The quantitative estimate of drug-likeness (QED) is 0.216. The molecule has 0 saturated heterocycles. The number of hydrogen-bond acceptors (Lipinski definition) is 7. The van der Waals surface area contributed by atoms with Crippen LogP contribution in [0.2, 0.25) is 0 Å². The Bertz CT molecular complexity index is 1660. The number of fused-ring (bicyclic) bond motifs is 3. The number of nitrogens with one attached hydrogen (secondary N) is 4. The van der Waals surface area contributed by atoms with E-state index in [1.54, 1.807) is 25.1 Å². The van der Waals surface area contributed by atoms with Crippen LogP contribution in [0.4, 0.5) is 5.69 Å². The monoisotopic (exact) mass is 633 g/mol. The molecule has 0 spiro atoms. The van der Waals surface area contributed by atoms with E-state index in [1.807, 2.05) is 12.1 Å². The van der Waals surface area contributed by atoms with Crippen molar-refractivity contribution in [2.45, 2.75) is 83.5 Å². The van der Waals surface area contributed by atoms with E-state index in [0.717, 1.165) is 30.6 Å². The maximum absolute atomic E-state index is 13.5. The van der Waals surface area contributed by atoms with Crippen LogP contribution >= 0.6 is 0 Å². The molecule has 12 heteroatoms. The number of carbonyl (C=O) groups is 4. The lowest BCUT2D eigenvalue weighted by Crippen LogP contribution is -2.50. The third kappa shape index (κ3) is 7.33. The molecule has 1 aromatic carbocycles. The van der Waals surface area contributed by atoms with Crippen molar-refractivity contribution in [2.75, 3.05) is 12.4 Å². The Hall–Kier alpha value is -4.45. The zero-order valence-corrected chi connectivity index (χ0v) is 26.5. The molecule has 5 rings (SSSR count). The molecule has 246 valence electrons. The van der Waals surface area contributed by atoms with Gasteiger partial charge in [-0.2, -0.15) is 0 Å². The first kappa shape index (κ1) is 32.9. The second-order valence-electron chi connectivity index (χ2n) is 12.7. The van der Waals surface area contributed by atoms with Crippen molar-refractivity contribution < 1.29 is 28.7 Å². The minimum absolute atomic E-state index is 0.0231. The molecule has 3 aromatic rings. The number of aryl methyl sites for hydroxylation is 1. The number of anilines is 1. The highest BCUT2D eigenvalue weighted by Crippen LogP contribution is 2.42. The fraction of sp³-hybridized carbons (Fsp3) is 0.500. The van der Waals surface area contributed by atoms with Crippen molar-refractivity contribution in [2.24, 2.45) is 17.8 Å². The van der Waals surface area contributed by atoms with Gasteiger partial charge in [0.2, 0.25) is 17.7 Å². The Labute approximate surface area is 267 Å². The molecule has 46 heavy (non-hydrogen) atoms. The summed E-state index contributed by atoms with van der Waals surface area (Å²) in [5.74, 6) is -0.711. The molecule has 12 nitrogen and oxygen atoms in total. The van der Waals surface area contributed by atoms with Gasteiger partial charge >= 0.3 is 0 Å². The zero-order valence-electron chi connectivity index (χ0n) is 26.5. The summed E-state index contributed by atoms with van der Waals surface area (Å²) in [4.78, 5) is 65.1. The lowest BCUT2D eigenvalue weighted by atomic mass is 9.65. The molecule has 2 aliphatic carbocycles. The highest BCUT2D eigenvalue weighted by Gasteiger charge is 2.38. The van der Waals surface area contributed by atoms with E-state index in [2.05, 4.69) is 28.2 Å². The van der Waals surface area contributed by atoms with Gasteiger partial charge in [0.1, 0.15) is 30.0 Å². The summed E-state index contributed by atoms with van der Waals surface area (Å²) in [6.07, 6.45) is 5.58. The molecule has 2 fully saturated rings. The van der Waals surface area contributed by atoms with Crippen LogP contribution in [-0.4, -0.2) is 58.5 Å². The van der Waals surface area contributed by atoms with Gasteiger partial charge in [-0.1, -0.05) is 38.0 Å². The number of para-hydroxylation sites is 1. The maximum Gasteiger partial charge on any atom is 0.287 e. The highest BCUT2D eigenvalue weighted by molar-refractivity contribution is 6.03.